The van der Waals surface area contributed by atoms with Crippen molar-refractivity contribution in [3.8, 4) is 17.0 Å². The van der Waals surface area contributed by atoms with Crippen molar-refractivity contribution in [3.63, 3.8) is 0 Å². The molecule has 0 bridgehead atoms. The first-order valence-corrected chi connectivity index (χ1v) is 13.8. The summed E-state index contributed by atoms with van der Waals surface area (Å²) in [6.07, 6.45) is 5.54. The number of aromatic nitrogens is 3. The predicted octanol–water partition coefficient (Wildman–Crippen LogP) is 5.84. The zero-order chi connectivity index (χ0) is 29.7. The number of fused-ring (bicyclic) bond motifs is 1. The molecule has 4 rings (SSSR count). The lowest BCUT2D eigenvalue weighted by Crippen LogP contribution is -2.29. The Balaban J connectivity index is 1.74. The number of rotatable bonds is 11. The van der Waals surface area contributed by atoms with Crippen LogP contribution in [0, 0.1) is 12.8 Å². The van der Waals surface area contributed by atoms with Gasteiger partial charge >= 0.3 is 0 Å². The standard InChI is InChI=1S/C32H41N7O2/c1-21(2)13-14-31(40)34-26-18-27(30(41-8)19-29(26)38(6)16-15-37(4)5)36-32-33-22(3)17-25(35-32)24-20-39(7)28-12-10-9-11-23(24)28/h9-14,17-21H,15-16H2,1-8H3,(H,34,40)(H,33,35,36)/b14-13-. The third kappa shape index (κ3) is 7.24. The van der Waals surface area contributed by atoms with Gasteiger partial charge in [0, 0.05) is 61.6 Å². The predicted molar refractivity (Wildman–Crippen MR) is 169 cm³/mol. The normalized spacial score (nSPS) is 11.6. The third-order valence-corrected chi connectivity index (χ3v) is 6.78. The fourth-order valence-electron chi connectivity index (χ4n) is 4.60. The number of benzene rings is 2. The zero-order valence-corrected chi connectivity index (χ0v) is 25.3. The molecule has 0 saturated carbocycles. The lowest BCUT2D eigenvalue weighted by molar-refractivity contribution is -0.111. The van der Waals surface area contributed by atoms with E-state index in [0.29, 0.717) is 23.1 Å². The largest absolute Gasteiger partial charge is 0.494 e. The molecule has 2 heterocycles. The molecule has 9 nitrogen and oxygen atoms in total. The Labute approximate surface area is 242 Å². The molecular formula is C32H41N7O2. The number of methoxy groups -OCH3 is 1. The second kappa shape index (κ2) is 12.9. The van der Waals surface area contributed by atoms with Crippen LogP contribution in [0.25, 0.3) is 22.2 Å². The average Bonchev–Trinajstić information content (AvgIpc) is 3.27. The zero-order valence-electron chi connectivity index (χ0n) is 25.3. The lowest BCUT2D eigenvalue weighted by atomic mass is 10.1. The highest BCUT2D eigenvalue weighted by Gasteiger charge is 2.18. The minimum absolute atomic E-state index is 0.192. The summed E-state index contributed by atoms with van der Waals surface area (Å²) in [4.78, 5) is 26.6. The Hall–Kier alpha value is -4.37. The maximum absolute atomic E-state index is 12.8. The topological polar surface area (TPSA) is 87.5 Å². The number of carbonyl (C=O) groups is 1. The van der Waals surface area contributed by atoms with Crippen LogP contribution in [0.5, 0.6) is 5.75 Å². The van der Waals surface area contributed by atoms with Gasteiger partial charge in [0.2, 0.25) is 11.9 Å². The van der Waals surface area contributed by atoms with Gasteiger partial charge in [0.25, 0.3) is 0 Å². The molecule has 0 spiro atoms. The Morgan fingerprint density at radius 2 is 1.83 bits per heavy atom. The number of aryl methyl sites for hydroxylation is 2. The van der Waals surface area contributed by atoms with Gasteiger partial charge in [0.1, 0.15) is 5.75 Å². The minimum Gasteiger partial charge on any atom is -0.494 e. The Morgan fingerprint density at radius 1 is 1.07 bits per heavy atom. The molecule has 0 fully saturated rings. The molecule has 2 aromatic heterocycles. The van der Waals surface area contributed by atoms with Gasteiger partial charge < -0.3 is 29.7 Å². The molecule has 0 saturated heterocycles. The van der Waals surface area contributed by atoms with Gasteiger partial charge in [-0.05, 0) is 51.2 Å². The molecule has 0 radical (unpaired) electrons. The summed E-state index contributed by atoms with van der Waals surface area (Å²) in [7, 11) is 9.75. The fourth-order valence-corrected chi connectivity index (χ4v) is 4.60. The molecule has 1 amide bonds. The van der Waals surface area contributed by atoms with Crippen molar-refractivity contribution >= 4 is 39.8 Å². The highest BCUT2D eigenvalue weighted by Crippen LogP contribution is 2.38. The first-order valence-electron chi connectivity index (χ1n) is 13.8. The first-order chi connectivity index (χ1) is 19.5. The van der Waals surface area contributed by atoms with E-state index in [4.69, 9.17) is 9.72 Å². The van der Waals surface area contributed by atoms with Crippen LogP contribution < -0.4 is 20.3 Å². The fraction of sp³-hybridized carbons (Fsp3) is 0.344. The number of nitrogens with one attached hydrogen (secondary N) is 2. The minimum atomic E-state index is -0.192. The van der Waals surface area contributed by atoms with Gasteiger partial charge in [0.05, 0.1) is 29.9 Å². The summed E-state index contributed by atoms with van der Waals surface area (Å²) in [5.41, 5.74) is 5.98. The van der Waals surface area contributed by atoms with E-state index < -0.39 is 0 Å². The number of para-hydroxylation sites is 1. The van der Waals surface area contributed by atoms with E-state index in [1.54, 1.807) is 13.2 Å². The SMILES string of the molecule is COc1cc(N(C)CCN(C)C)c(NC(=O)/C=C\C(C)C)cc1Nc1nc(C)cc(-c2cn(C)c3ccccc23)n1. The van der Waals surface area contributed by atoms with Crippen molar-refractivity contribution in [1.82, 2.24) is 19.4 Å². The van der Waals surface area contributed by atoms with E-state index in [2.05, 4.69) is 48.3 Å². The Kier molecular flexibility index (Phi) is 9.29. The first kappa shape index (κ1) is 29.6. The van der Waals surface area contributed by atoms with Crippen molar-refractivity contribution in [2.45, 2.75) is 20.8 Å². The molecule has 0 atom stereocenters. The highest BCUT2D eigenvalue weighted by atomic mass is 16.5. The summed E-state index contributed by atoms with van der Waals surface area (Å²) < 4.78 is 7.90. The number of anilines is 4. The number of ether oxygens (including phenoxy) is 1. The summed E-state index contributed by atoms with van der Waals surface area (Å²) in [6, 6.07) is 14.1. The Bertz CT molecular complexity index is 1560. The molecular weight excluding hydrogens is 514 g/mol. The van der Waals surface area contributed by atoms with E-state index in [9.17, 15) is 4.79 Å². The number of nitrogens with zero attached hydrogens (tertiary/aromatic N) is 5. The molecule has 2 aromatic carbocycles. The maximum atomic E-state index is 12.8. The molecule has 9 heteroatoms. The average molecular weight is 556 g/mol. The van der Waals surface area contributed by atoms with Crippen molar-refractivity contribution < 1.29 is 9.53 Å². The summed E-state index contributed by atoms with van der Waals surface area (Å²) >= 11 is 0. The van der Waals surface area contributed by atoms with Crippen LogP contribution in [0.15, 0.2) is 60.8 Å². The van der Waals surface area contributed by atoms with Crippen molar-refractivity contribution in [2.24, 2.45) is 13.0 Å². The summed E-state index contributed by atoms with van der Waals surface area (Å²) in [5.74, 6) is 1.13. The highest BCUT2D eigenvalue weighted by molar-refractivity contribution is 6.02. The smallest absolute Gasteiger partial charge is 0.248 e. The monoisotopic (exact) mass is 555 g/mol. The van der Waals surface area contributed by atoms with Crippen LogP contribution in [0.2, 0.25) is 0 Å². The van der Waals surface area contributed by atoms with E-state index in [0.717, 1.165) is 46.6 Å². The van der Waals surface area contributed by atoms with Gasteiger partial charge in [-0.1, -0.05) is 38.1 Å². The van der Waals surface area contributed by atoms with E-state index in [1.807, 2.05) is 85.4 Å². The van der Waals surface area contributed by atoms with Crippen LogP contribution in [0.1, 0.15) is 19.5 Å². The quantitative estimate of drug-likeness (QED) is 0.225. The third-order valence-electron chi connectivity index (χ3n) is 6.78. The molecule has 2 N–H and O–H groups in total. The van der Waals surface area contributed by atoms with E-state index in [1.165, 1.54) is 0 Å². The maximum Gasteiger partial charge on any atom is 0.248 e. The second-order valence-corrected chi connectivity index (χ2v) is 10.9. The van der Waals surface area contributed by atoms with E-state index in [-0.39, 0.29) is 11.8 Å². The van der Waals surface area contributed by atoms with Crippen LogP contribution in [0.4, 0.5) is 23.0 Å². The molecule has 0 aliphatic carbocycles. The van der Waals surface area contributed by atoms with Crippen LogP contribution in [-0.2, 0) is 11.8 Å². The van der Waals surface area contributed by atoms with Crippen LogP contribution >= 0.6 is 0 Å². The number of hydrogen-bond acceptors (Lipinski definition) is 7. The van der Waals surface area contributed by atoms with Crippen molar-refractivity contribution in [2.75, 3.05) is 56.9 Å². The van der Waals surface area contributed by atoms with Crippen molar-refractivity contribution in [3.05, 3.63) is 66.5 Å². The second-order valence-electron chi connectivity index (χ2n) is 10.9. The summed E-state index contributed by atoms with van der Waals surface area (Å²) in [6.45, 7) is 7.65. The van der Waals surface area contributed by atoms with Crippen LogP contribution in [0.3, 0.4) is 0 Å². The number of carbonyl (C=O) groups excluding carboxylic acids is 1. The van der Waals surface area contributed by atoms with Crippen LogP contribution in [-0.4, -0.2) is 66.7 Å². The number of allylic oxidation sites excluding steroid dienone is 1. The number of hydrogen-bond donors (Lipinski definition) is 2. The summed E-state index contributed by atoms with van der Waals surface area (Å²) in [5, 5.41) is 7.55. The molecule has 0 aliphatic rings. The van der Waals surface area contributed by atoms with Gasteiger partial charge in [0.15, 0.2) is 0 Å². The molecule has 4 aromatic rings. The van der Waals surface area contributed by atoms with Gasteiger partial charge in [-0.15, -0.1) is 0 Å². The molecule has 216 valence electrons. The van der Waals surface area contributed by atoms with Crippen molar-refractivity contribution in [1.29, 1.82) is 0 Å². The number of likely N-dealkylation sites (N-methyl/N-ethyl adjacent to an activating group) is 2. The van der Waals surface area contributed by atoms with Gasteiger partial charge in [-0.2, -0.15) is 0 Å². The number of amides is 1. The molecule has 0 aliphatic heterocycles. The van der Waals surface area contributed by atoms with Gasteiger partial charge in [-0.25, -0.2) is 9.97 Å². The molecule has 41 heavy (non-hydrogen) atoms. The lowest BCUT2D eigenvalue weighted by Gasteiger charge is -2.26. The van der Waals surface area contributed by atoms with Gasteiger partial charge in [-0.3, -0.25) is 4.79 Å². The Morgan fingerprint density at radius 3 is 2.54 bits per heavy atom. The van der Waals surface area contributed by atoms with E-state index >= 15 is 0 Å². The molecule has 0 unspecified atom stereocenters.